The van der Waals surface area contributed by atoms with Gasteiger partial charge >= 0.3 is 0 Å². The summed E-state index contributed by atoms with van der Waals surface area (Å²) in [6, 6.07) is 7.75. The molecule has 2 N–H and O–H groups in total. The summed E-state index contributed by atoms with van der Waals surface area (Å²) in [6.07, 6.45) is 5.02. The molecule has 0 spiro atoms. The van der Waals surface area contributed by atoms with E-state index in [1.165, 1.54) is 6.08 Å². The number of rotatable bonds is 4. The van der Waals surface area contributed by atoms with Crippen molar-refractivity contribution in [3.05, 3.63) is 57.8 Å². The number of nitrogens with zero attached hydrogens (tertiary/aromatic N) is 1. The van der Waals surface area contributed by atoms with Gasteiger partial charge < -0.3 is 5.32 Å². The summed E-state index contributed by atoms with van der Waals surface area (Å²) >= 11 is 3.37. The maximum absolute atomic E-state index is 11.7. The van der Waals surface area contributed by atoms with E-state index in [1.54, 1.807) is 12.3 Å². The molecule has 1 aromatic carbocycles. The van der Waals surface area contributed by atoms with Crippen LogP contribution in [0.15, 0.2) is 41.0 Å². The summed E-state index contributed by atoms with van der Waals surface area (Å²) < 4.78 is 1.02. The van der Waals surface area contributed by atoms with Crippen LogP contribution < -0.4 is 5.32 Å². The molecule has 4 nitrogen and oxygen atoms in total. The van der Waals surface area contributed by atoms with E-state index < -0.39 is 0 Å². The molecule has 0 saturated heterocycles. The van der Waals surface area contributed by atoms with Crippen molar-refractivity contribution in [1.82, 2.24) is 15.5 Å². The maximum Gasteiger partial charge on any atom is 0.244 e. The van der Waals surface area contributed by atoms with Gasteiger partial charge in [0, 0.05) is 28.4 Å². The largest absolute Gasteiger partial charge is 0.348 e. The molecule has 1 aromatic heterocycles. The Morgan fingerprint density at radius 2 is 2.16 bits per heavy atom. The quantitative estimate of drug-likeness (QED) is 0.851. The fraction of sp³-hybridized carbons (Fsp3) is 0.143. The van der Waals surface area contributed by atoms with E-state index in [-0.39, 0.29) is 5.91 Å². The Balaban J connectivity index is 1.87. The Morgan fingerprint density at radius 3 is 2.79 bits per heavy atom. The van der Waals surface area contributed by atoms with Gasteiger partial charge in [-0.1, -0.05) is 28.1 Å². The second kappa shape index (κ2) is 6.33. The first-order valence-electron chi connectivity index (χ1n) is 5.85. The third-order valence-electron chi connectivity index (χ3n) is 2.68. The predicted octanol–water partition coefficient (Wildman–Crippen LogP) is 2.81. The van der Waals surface area contributed by atoms with Gasteiger partial charge in [-0.2, -0.15) is 5.10 Å². The first-order chi connectivity index (χ1) is 9.15. The third kappa shape index (κ3) is 4.06. The van der Waals surface area contributed by atoms with Crippen LogP contribution >= 0.6 is 15.9 Å². The van der Waals surface area contributed by atoms with Crippen molar-refractivity contribution in [1.29, 1.82) is 0 Å². The van der Waals surface area contributed by atoms with E-state index in [2.05, 4.69) is 31.4 Å². The van der Waals surface area contributed by atoms with Gasteiger partial charge in [-0.05, 0) is 30.7 Å². The van der Waals surface area contributed by atoms with Crippen LogP contribution in [-0.4, -0.2) is 16.1 Å². The average Bonchev–Trinajstić information content (AvgIpc) is 2.81. The molecule has 1 heterocycles. The molecule has 0 fully saturated rings. The lowest BCUT2D eigenvalue weighted by Crippen LogP contribution is -2.20. The molecule has 19 heavy (non-hydrogen) atoms. The van der Waals surface area contributed by atoms with E-state index in [4.69, 9.17) is 0 Å². The maximum atomic E-state index is 11.7. The fourth-order valence-electron chi connectivity index (χ4n) is 1.54. The van der Waals surface area contributed by atoms with E-state index in [0.717, 1.165) is 21.3 Å². The number of carbonyl (C=O) groups excluding carboxylic acids is 1. The molecule has 0 aliphatic carbocycles. The smallest absolute Gasteiger partial charge is 0.244 e. The molecule has 1 amide bonds. The van der Waals surface area contributed by atoms with E-state index in [9.17, 15) is 4.79 Å². The van der Waals surface area contributed by atoms with Crippen LogP contribution in [0.4, 0.5) is 0 Å². The Kier molecular flexibility index (Phi) is 4.52. The summed E-state index contributed by atoms with van der Waals surface area (Å²) in [5.41, 5.74) is 2.94. The van der Waals surface area contributed by atoms with Gasteiger partial charge in [-0.3, -0.25) is 9.89 Å². The molecular formula is C14H14BrN3O. The first kappa shape index (κ1) is 13.5. The minimum atomic E-state index is -0.122. The Morgan fingerprint density at radius 1 is 1.42 bits per heavy atom. The molecule has 0 saturated carbocycles. The molecule has 98 valence electrons. The van der Waals surface area contributed by atoms with Gasteiger partial charge in [0.2, 0.25) is 5.91 Å². The van der Waals surface area contributed by atoms with Crippen LogP contribution in [0.1, 0.15) is 16.8 Å². The second-order valence-electron chi connectivity index (χ2n) is 4.12. The number of aryl methyl sites for hydroxylation is 1. The molecule has 0 atom stereocenters. The van der Waals surface area contributed by atoms with E-state index >= 15 is 0 Å². The zero-order valence-electron chi connectivity index (χ0n) is 10.5. The van der Waals surface area contributed by atoms with Crippen molar-refractivity contribution < 1.29 is 4.79 Å². The fourth-order valence-corrected chi connectivity index (χ4v) is 1.81. The standard InChI is InChI=1S/C14H14BrN3O/c1-10-12(9-17-18-10)8-16-14(19)7-4-11-2-5-13(15)6-3-11/h2-7,9H,8H2,1H3,(H,16,19)(H,17,18)/b7-4+. The number of nitrogens with one attached hydrogen (secondary N) is 2. The van der Waals surface area contributed by atoms with Crippen molar-refractivity contribution in [3.8, 4) is 0 Å². The number of hydrogen-bond donors (Lipinski definition) is 2. The van der Waals surface area contributed by atoms with Crippen LogP contribution in [0.2, 0.25) is 0 Å². The lowest BCUT2D eigenvalue weighted by Gasteiger charge is -2.00. The monoisotopic (exact) mass is 319 g/mol. The van der Waals surface area contributed by atoms with Crippen LogP contribution in [0.25, 0.3) is 6.08 Å². The minimum Gasteiger partial charge on any atom is -0.348 e. The summed E-state index contributed by atoms with van der Waals surface area (Å²) in [5.74, 6) is -0.122. The molecular weight excluding hydrogens is 306 g/mol. The number of hydrogen-bond acceptors (Lipinski definition) is 2. The lowest BCUT2D eigenvalue weighted by atomic mass is 10.2. The third-order valence-corrected chi connectivity index (χ3v) is 3.21. The van der Waals surface area contributed by atoms with Crippen LogP contribution in [-0.2, 0) is 11.3 Å². The van der Waals surface area contributed by atoms with Gasteiger partial charge in [0.1, 0.15) is 0 Å². The molecule has 5 heteroatoms. The van der Waals surface area contributed by atoms with Gasteiger partial charge in [0.15, 0.2) is 0 Å². The lowest BCUT2D eigenvalue weighted by molar-refractivity contribution is -0.116. The van der Waals surface area contributed by atoms with Crippen molar-refractivity contribution >= 4 is 27.9 Å². The highest BCUT2D eigenvalue weighted by Gasteiger charge is 2.01. The molecule has 0 aliphatic rings. The highest BCUT2D eigenvalue weighted by molar-refractivity contribution is 9.10. The zero-order valence-corrected chi connectivity index (χ0v) is 12.1. The number of H-pyrrole nitrogens is 1. The second-order valence-corrected chi connectivity index (χ2v) is 5.04. The van der Waals surface area contributed by atoms with Gasteiger partial charge in [0.05, 0.1) is 6.20 Å². The molecule has 0 aliphatic heterocycles. The number of aromatic nitrogens is 2. The normalized spacial score (nSPS) is 10.8. The zero-order chi connectivity index (χ0) is 13.7. The molecule has 0 bridgehead atoms. The number of carbonyl (C=O) groups is 1. The van der Waals surface area contributed by atoms with Crippen LogP contribution in [0, 0.1) is 6.92 Å². The van der Waals surface area contributed by atoms with Gasteiger partial charge in [-0.25, -0.2) is 0 Å². The summed E-state index contributed by atoms with van der Waals surface area (Å²) in [4.78, 5) is 11.7. The van der Waals surface area contributed by atoms with Crippen LogP contribution in [0.5, 0.6) is 0 Å². The molecule has 2 rings (SSSR count). The predicted molar refractivity (Wildman–Crippen MR) is 78.3 cm³/mol. The minimum absolute atomic E-state index is 0.122. The first-order valence-corrected chi connectivity index (χ1v) is 6.65. The van der Waals surface area contributed by atoms with Crippen molar-refractivity contribution in [2.75, 3.05) is 0 Å². The Labute approximate surface area is 120 Å². The topological polar surface area (TPSA) is 57.8 Å². The Bertz CT molecular complexity index is 587. The molecule has 2 aromatic rings. The average molecular weight is 320 g/mol. The number of amides is 1. The summed E-state index contributed by atoms with van der Waals surface area (Å²) in [6.45, 7) is 2.40. The Hall–Kier alpha value is -1.88. The highest BCUT2D eigenvalue weighted by Crippen LogP contribution is 2.11. The van der Waals surface area contributed by atoms with Crippen LogP contribution in [0.3, 0.4) is 0 Å². The summed E-state index contributed by atoms with van der Waals surface area (Å²) in [7, 11) is 0. The van der Waals surface area contributed by atoms with E-state index in [1.807, 2.05) is 31.2 Å². The van der Waals surface area contributed by atoms with Crippen molar-refractivity contribution in [2.45, 2.75) is 13.5 Å². The number of aromatic amines is 1. The molecule has 0 radical (unpaired) electrons. The van der Waals surface area contributed by atoms with Crippen molar-refractivity contribution in [2.24, 2.45) is 0 Å². The number of halogens is 1. The summed E-state index contributed by atoms with van der Waals surface area (Å²) in [5, 5.41) is 9.55. The number of benzene rings is 1. The SMILES string of the molecule is Cc1[nH]ncc1CNC(=O)/C=C/c1ccc(Br)cc1. The van der Waals surface area contributed by atoms with Crippen molar-refractivity contribution in [3.63, 3.8) is 0 Å². The van der Waals surface area contributed by atoms with E-state index in [0.29, 0.717) is 6.54 Å². The highest BCUT2D eigenvalue weighted by atomic mass is 79.9. The molecule has 0 unspecified atom stereocenters. The van der Waals surface area contributed by atoms with Gasteiger partial charge in [0.25, 0.3) is 0 Å². The van der Waals surface area contributed by atoms with Gasteiger partial charge in [-0.15, -0.1) is 0 Å².